The number of rotatable bonds is 28. The van der Waals surface area contributed by atoms with Gasteiger partial charge in [-0.1, -0.05) is 25.7 Å². The summed E-state index contributed by atoms with van der Waals surface area (Å²) in [5.74, 6) is 4.81. The minimum atomic E-state index is -0.0676. The lowest BCUT2D eigenvalue weighted by Crippen LogP contribution is -2.47. The van der Waals surface area contributed by atoms with E-state index in [-0.39, 0.29) is 71.7 Å². The number of carbonyl (C=O) groups excluding carboxylic acids is 7. The molecule has 8 heterocycles. The summed E-state index contributed by atoms with van der Waals surface area (Å²) in [6, 6.07) is 0.941. The van der Waals surface area contributed by atoms with Crippen LogP contribution in [-0.2, 0) is 28.8 Å². The Morgan fingerprint density at radius 1 is 0.513 bits per heavy atom. The summed E-state index contributed by atoms with van der Waals surface area (Å²) in [7, 11) is 0. The molecule has 0 aromatic carbocycles. The number of anilines is 3. The highest BCUT2D eigenvalue weighted by molar-refractivity contribution is 8.00. The summed E-state index contributed by atoms with van der Waals surface area (Å²) >= 11 is 3.87. The van der Waals surface area contributed by atoms with Crippen LogP contribution in [0.4, 0.5) is 22.6 Å². The maximum atomic E-state index is 13.0. The molecule has 8 N–H and O–H groups in total. The van der Waals surface area contributed by atoms with Gasteiger partial charge in [0.05, 0.1) is 12.1 Å². The van der Waals surface area contributed by atoms with E-state index in [9.17, 15) is 33.6 Å². The highest BCUT2D eigenvalue weighted by Gasteiger charge is 2.44. The number of hydrogen-bond donors (Lipinski definition) is 8. The molecule has 0 saturated carbocycles. The molecule has 7 fully saturated rings. The molecule has 6 atom stereocenters. The zero-order valence-electron chi connectivity index (χ0n) is 44.9. The standard InChI is InChI=1S/C53H86N14O7S2/c1-35(68)56-37-18-26-65(27-19-37)50-62-51(66-28-20-38(21-29-66)57-45(71)16-4-2-10-24-54-43(69)14-8-6-12-41-48-36(33-75-41)32-47(73)60-48)64-52(63-50)67-30-22-39(23-31-67)58-46(72)17-5-3-11-25-55-44(70)15-9-7-13-42-49-40(34-76-42)59-53(74)61-49/h36-42,48-49H,2-34H2,1H3,(H,54,69)(H,55,70)(H,56,68)(H,57,71)(H,58,72)(H,60,73)(H2,59,61,74). The molecule has 1 aromatic heterocycles. The molecular formula is C53H86N14O7S2. The van der Waals surface area contributed by atoms with Crippen LogP contribution in [0.5, 0.6) is 0 Å². The molecular weight excluding hydrogens is 1010 g/mol. The lowest BCUT2D eigenvalue weighted by Gasteiger charge is -2.36. The monoisotopic (exact) mass is 1090 g/mol. The first-order valence-electron chi connectivity index (χ1n) is 28.9. The van der Waals surface area contributed by atoms with Gasteiger partial charge < -0.3 is 57.2 Å². The number of nitrogens with zero attached hydrogens (tertiary/aromatic N) is 6. The van der Waals surface area contributed by atoms with Gasteiger partial charge in [-0.25, -0.2) is 4.79 Å². The van der Waals surface area contributed by atoms with Crippen molar-refractivity contribution >= 4 is 82.8 Å². The second-order valence-corrected chi connectivity index (χ2v) is 24.8. The van der Waals surface area contributed by atoms with Gasteiger partial charge in [0.15, 0.2) is 0 Å². The topological polar surface area (TPSA) is 264 Å². The summed E-state index contributed by atoms with van der Waals surface area (Å²) in [5.41, 5.74) is 0. The quantitative estimate of drug-likeness (QED) is 0.0442. The summed E-state index contributed by atoms with van der Waals surface area (Å²) in [6.45, 7) is 7.01. The van der Waals surface area contributed by atoms with Crippen LogP contribution in [0.2, 0.25) is 0 Å². The van der Waals surface area contributed by atoms with E-state index in [4.69, 9.17) is 15.0 Å². The Balaban J connectivity index is 0.689. The molecule has 7 aliphatic heterocycles. The van der Waals surface area contributed by atoms with Crippen LogP contribution >= 0.6 is 23.5 Å². The highest BCUT2D eigenvalue weighted by atomic mass is 32.2. The third kappa shape index (κ3) is 17.6. The number of fused-ring (bicyclic) bond motifs is 2. The first kappa shape index (κ1) is 57.4. The maximum absolute atomic E-state index is 13.0. The third-order valence-electron chi connectivity index (χ3n) is 16.3. The molecule has 7 saturated heterocycles. The van der Waals surface area contributed by atoms with Gasteiger partial charge in [-0.3, -0.25) is 28.8 Å². The molecule has 8 amide bonds. The lowest BCUT2D eigenvalue weighted by atomic mass is 9.97. The predicted molar refractivity (Wildman–Crippen MR) is 297 cm³/mol. The fourth-order valence-electron chi connectivity index (χ4n) is 11.9. The van der Waals surface area contributed by atoms with E-state index < -0.39 is 0 Å². The van der Waals surface area contributed by atoms with Crippen molar-refractivity contribution < 1.29 is 33.6 Å². The van der Waals surface area contributed by atoms with Crippen LogP contribution in [0.1, 0.15) is 155 Å². The van der Waals surface area contributed by atoms with E-state index in [1.165, 1.54) is 0 Å². The Hall–Kier alpha value is -4.80. The Morgan fingerprint density at radius 2 is 0.947 bits per heavy atom. The summed E-state index contributed by atoms with van der Waals surface area (Å²) < 4.78 is 0. The minimum Gasteiger partial charge on any atom is -0.356 e. The Bertz CT molecular complexity index is 2000. The van der Waals surface area contributed by atoms with Gasteiger partial charge in [-0.15, -0.1) is 0 Å². The van der Waals surface area contributed by atoms with Crippen LogP contribution < -0.4 is 57.2 Å². The molecule has 422 valence electrons. The average molecular weight is 1100 g/mol. The van der Waals surface area contributed by atoms with Crippen LogP contribution in [0.3, 0.4) is 0 Å². The first-order valence-corrected chi connectivity index (χ1v) is 31.0. The minimum absolute atomic E-state index is 0.0219. The molecule has 8 rings (SSSR count). The number of thioether (sulfide) groups is 2. The summed E-state index contributed by atoms with van der Waals surface area (Å²) in [6.07, 6.45) is 18.0. The SMILES string of the molecule is CC(=O)NC1CCN(c2nc(N3CCC(NC(=O)CCCCCNC(=O)CCCCC4SCC5CC(=O)NC54)CC3)nc(N3CCC(NC(=O)CCCCCNC(=O)CCCCC4SCC5NC(=O)NC54)CC3)n2)CC1. The smallest absolute Gasteiger partial charge is 0.315 e. The molecule has 0 radical (unpaired) electrons. The Kier molecular flexibility index (Phi) is 22.1. The van der Waals surface area contributed by atoms with E-state index in [2.05, 4.69) is 57.2 Å². The van der Waals surface area contributed by atoms with Crippen LogP contribution in [0.25, 0.3) is 0 Å². The molecule has 23 heteroatoms. The fraction of sp³-hybridized carbons (Fsp3) is 0.811. The number of hydrogen-bond acceptors (Lipinski definition) is 15. The van der Waals surface area contributed by atoms with Crippen LogP contribution in [0.15, 0.2) is 0 Å². The van der Waals surface area contributed by atoms with Crippen molar-refractivity contribution in [2.24, 2.45) is 5.92 Å². The second kappa shape index (κ2) is 29.3. The number of nitrogens with one attached hydrogen (secondary N) is 8. The largest absolute Gasteiger partial charge is 0.356 e. The molecule has 0 bridgehead atoms. The molecule has 1 aromatic rings. The van der Waals surface area contributed by atoms with E-state index in [1.807, 2.05) is 23.5 Å². The van der Waals surface area contributed by atoms with Crippen LogP contribution in [0, 0.1) is 5.92 Å². The summed E-state index contributed by atoms with van der Waals surface area (Å²) in [5, 5.41) is 25.7. The van der Waals surface area contributed by atoms with Crippen molar-refractivity contribution in [3.05, 3.63) is 0 Å². The molecule has 6 unspecified atom stereocenters. The number of carbonyl (C=O) groups is 7. The van der Waals surface area contributed by atoms with Gasteiger partial charge in [0.25, 0.3) is 0 Å². The Morgan fingerprint density at radius 3 is 1.43 bits per heavy atom. The van der Waals surface area contributed by atoms with Gasteiger partial charge in [0, 0.05) is 132 Å². The van der Waals surface area contributed by atoms with Crippen molar-refractivity contribution in [2.45, 2.75) is 201 Å². The Labute approximate surface area is 457 Å². The van der Waals surface area contributed by atoms with Crippen molar-refractivity contribution in [3.63, 3.8) is 0 Å². The van der Waals surface area contributed by atoms with Crippen molar-refractivity contribution in [1.82, 2.24) is 57.5 Å². The molecule has 0 aliphatic carbocycles. The molecule has 21 nitrogen and oxygen atoms in total. The average Bonchev–Trinajstić information content (AvgIpc) is 4.18. The third-order valence-corrected chi connectivity index (χ3v) is 19.4. The fourth-order valence-corrected chi connectivity index (χ4v) is 15.1. The van der Waals surface area contributed by atoms with Crippen molar-refractivity contribution in [3.8, 4) is 0 Å². The van der Waals surface area contributed by atoms with Gasteiger partial charge in [0.2, 0.25) is 53.3 Å². The van der Waals surface area contributed by atoms with E-state index in [0.29, 0.717) is 125 Å². The van der Waals surface area contributed by atoms with Gasteiger partial charge in [0.1, 0.15) is 0 Å². The number of amides is 8. The predicted octanol–water partition coefficient (Wildman–Crippen LogP) is 3.41. The normalized spacial score (nSPS) is 24.8. The number of urea groups is 1. The van der Waals surface area contributed by atoms with Gasteiger partial charge >= 0.3 is 6.03 Å². The highest BCUT2D eigenvalue weighted by Crippen LogP contribution is 2.39. The molecule has 7 aliphatic rings. The number of unbranched alkanes of at least 4 members (excludes halogenated alkanes) is 6. The van der Waals surface area contributed by atoms with Gasteiger partial charge in [-0.05, 0) is 102 Å². The lowest BCUT2D eigenvalue weighted by molar-refractivity contribution is -0.123. The molecule has 0 spiro atoms. The van der Waals surface area contributed by atoms with Crippen LogP contribution in [-0.4, -0.2) is 167 Å². The zero-order valence-corrected chi connectivity index (χ0v) is 46.5. The van der Waals surface area contributed by atoms with E-state index >= 15 is 0 Å². The number of piperidine rings is 3. The first-order chi connectivity index (χ1) is 36.9. The maximum Gasteiger partial charge on any atom is 0.315 e. The van der Waals surface area contributed by atoms with E-state index in [1.54, 1.807) is 6.92 Å². The zero-order chi connectivity index (χ0) is 53.2. The second-order valence-electron chi connectivity index (χ2n) is 22.2. The van der Waals surface area contributed by atoms with Crippen molar-refractivity contribution in [1.29, 1.82) is 0 Å². The molecule has 76 heavy (non-hydrogen) atoms. The summed E-state index contributed by atoms with van der Waals surface area (Å²) in [4.78, 5) is 108. The van der Waals surface area contributed by atoms with Crippen molar-refractivity contribution in [2.75, 3.05) is 78.6 Å². The van der Waals surface area contributed by atoms with Gasteiger partial charge in [-0.2, -0.15) is 38.5 Å². The van der Waals surface area contributed by atoms with E-state index in [0.717, 1.165) is 127 Å². The number of aromatic nitrogens is 3.